The molecule has 2 N–H and O–H groups in total. The first-order chi connectivity index (χ1) is 20.2. The van der Waals surface area contributed by atoms with Gasteiger partial charge >= 0.3 is 6.09 Å². The van der Waals surface area contributed by atoms with Crippen LogP contribution in [0.3, 0.4) is 0 Å². The zero-order valence-corrected chi connectivity index (χ0v) is 23.8. The lowest BCUT2D eigenvalue weighted by Crippen LogP contribution is -2.49. The highest BCUT2D eigenvalue weighted by Gasteiger charge is 2.42. The molecule has 0 spiro atoms. The number of methoxy groups -OCH3 is 1. The minimum absolute atomic E-state index is 0.00453. The van der Waals surface area contributed by atoms with Gasteiger partial charge in [0.25, 0.3) is 5.69 Å². The van der Waals surface area contributed by atoms with E-state index in [9.17, 15) is 24.8 Å². The van der Waals surface area contributed by atoms with Gasteiger partial charge in [-0.1, -0.05) is 12.1 Å². The molecule has 2 aliphatic rings. The molecule has 2 amide bonds. The highest BCUT2D eigenvalue weighted by Crippen LogP contribution is 2.37. The van der Waals surface area contributed by atoms with Crippen LogP contribution in [-0.2, 0) is 16.1 Å². The second kappa shape index (κ2) is 12.4. The third-order valence-electron chi connectivity index (χ3n) is 8.56. The number of hydrogen-bond acceptors (Lipinski definition) is 6. The summed E-state index contributed by atoms with van der Waals surface area (Å²) in [5.74, 6) is -1.03. The van der Waals surface area contributed by atoms with Gasteiger partial charge in [-0.2, -0.15) is 0 Å². The van der Waals surface area contributed by atoms with E-state index >= 15 is 4.39 Å². The van der Waals surface area contributed by atoms with Gasteiger partial charge in [0.05, 0.1) is 22.4 Å². The molecule has 3 atom stereocenters. The number of benzene rings is 2. The van der Waals surface area contributed by atoms with E-state index in [0.29, 0.717) is 37.4 Å². The number of aryl methyl sites for hydroxylation is 2. The van der Waals surface area contributed by atoms with Crippen LogP contribution in [0.4, 0.5) is 20.6 Å². The molecule has 0 saturated carbocycles. The van der Waals surface area contributed by atoms with Gasteiger partial charge in [0, 0.05) is 81.3 Å². The van der Waals surface area contributed by atoms with E-state index in [0.717, 1.165) is 35.9 Å². The lowest BCUT2D eigenvalue weighted by molar-refractivity contribution is -0.384. The SMILES string of the molecule is COCCCn1c(C2CCCN(C(=O)[C@@H]3CN(c4ccc([N+](=O)[O-])cc4)C[C@H]3NC(=O)O)C2)c(C)c2cccc(F)c21. The van der Waals surface area contributed by atoms with Gasteiger partial charge in [0.2, 0.25) is 5.91 Å². The van der Waals surface area contributed by atoms with Crippen molar-refractivity contribution in [3.05, 3.63) is 69.7 Å². The molecular weight excluding hydrogens is 545 g/mol. The maximum Gasteiger partial charge on any atom is 0.404 e. The molecule has 0 bridgehead atoms. The number of piperidine rings is 1. The number of carbonyl (C=O) groups excluding carboxylic acids is 1. The number of amides is 2. The molecule has 2 aliphatic heterocycles. The highest BCUT2D eigenvalue weighted by atomic mass is 19.1. The molecule has 1 unspecified atom stereocenters. The normalized spacial score (nSPS) is 20.7. The summed E-state index contributed by atoms with van der Waals surface area (Å²) in [6, 6.07) is 10.5. The number of carbonyl (C=O) groups is 2. The minimum atomic E-state index is -1.21. The number of rotatable bonds is 9. The Balaban J connectivity index is 1.40. The number of para-hydroxylation sites is 1. The number of nitro groups is 1. The van der Waals surface area contributed by atoms with Gasteiger partial charge in [-0.3, -0.25) is 14.9 Å². The molecule has 0 radical (unpaired) electrons. The first kappa shape index (κ1) is 29.3. The van der Waals surface area contributed by atoms with Crippen LogP contribution in [0.15, 0.2) is 42.5 Å². The van der Waals surface area contributed by atoms with Crippen LogP contribution < -0.4 is 10.2 Å². The minimum Gasteiger partial charge on any atom is -0.465 e. The van der Waals surface area contributed by atoms with E-state index in [1.165, 1.54) is 18.2 Å². The van der Waals surface area contributed by atoms with Crippen LogP contribution in [0.2, 0.25) is 0 Å². The van der Waals surface area contributed by atoms with Crippen LogP contribution in [0.1, 0.15) is 36.4 Å². The molecule has 12 heteroatoms. The number of carboxylic acid groups (broad SMARTS) is 1. The molecule has 2 saturated heterocycles. The molecule has 11 nitrogen and oxygen atoms in total. The van der Waals surface area contributed by atoms with E-state index in [4.69, 9.17) is 4.74 Å². The number of aromatic nitrogens is 1. The number of halogens is 1. The summed E-state index contributed by atoms with van der Waals surface area (Å²) in [6.45, 7) is 4.71. The van der Waals surface area contributed by atoms with Crippen molar-refractivity contribution in [2.45, 2.75) is 44.7 Å². The summed E-state index contributed by atoms with van der Waals surface area (Å²) in [4.78, 5) is 39.9. The first-order valence-corrected chi connectivity index (χ1v) is 14.2. The molecule has 5 rings (SSSR count). The Morgan fingerprint density at radius 3 is 2.62 bits per heavy atom. The van der Waals surface area contributed by atoms with Crippen molar-refractivity contribution in [2.75, 3.05) is 44.8 Å². The summed E-state index contributed by atoms with van der Waals surface area (Å²) >= 11 is 0. The Labute approximate surface area is 243 Å². The smallest absolute Gasteiger partial charge is 0.404 e. The molecular formula is C30H36FN5O6. The van der Waals surface area contributed by atoms with Crippen molar-refractivity contribution in [3.8, 4) is 0 Å². The van der Waals surface area contributed by atoms with E-state index in [2.05, 4.69) is 9.88 Å². The molecule has 2 fully saturated rings. The molecule has 3 aromatic rings. The number of nitrogens with one attached hydrogen (secondary N) is 1. The lowest BCUT2D eigenvalue weighted by Gasteiger charge is -2.36. The van der Waals surface area contributed by atoms with Crippen LogP contribution in [0.25, 0.3) is 10.9 Å². The second-order valence-electron chi connectivity index (χ2n) is 11.1. The van der Waals surface area contributed by atoms with Gasteiger partial charge < -0.3 is 29.5 Å². The van der Waals surface area contributed by atoms with Gasteiger partial charge in [0.1, 0.15) is 5.82 Å². The van der Waals surface area contributed by atoms with E-state index in [1.54, 1.807) is 25.3 Å². The molecule has 42 heavy (non-hydrogen) atoms. The topological polar surface area (TPSA) is 130 Å². The summed E-state index contributed by atoms with van der Waals surface area (Å²) in [7, 11) is 1.64. The third-order valence-corrected chi connectivity index (χ3v) is 8.56. The lowest BCUT2D eigenvalue weighted by atomic mass is 9.90. The second-order valence-corrected chi connectivity index (χ2v) is 11.1. The maximum absolute atomic E-state index is 15.1. The fourth-order valence-electron chi connectivity index (χ4n) is 6.67. The Hall–Kier alpha value is -4.19. The quantitative estimate of drug-likeness (QED) is 0.216. The molecule has 0 aliphatic carbocycles. The predicted molar refractivity (Wildman–Crippen MR) is 155 cm³/mol. The molecule has 1 aromatic heterocycles. The monoisotopic (exact) mass is 581 g/mol. The van der Waals surface area contributed by atoms with Crippen LogP contribution in [0, 0.1) is 28.8 Å². The molecule has 224 valence electrons. The van der Waals surface area contributed by atoms with Gasteiger partial charge in [0.15, 0.2) is 0 Å². The number of likely N-dealkylation sites (tertiary alicyclic amines) is 1. The van der Waals surface area contributed by atoms with Crippen LogP contribution in [0.5, 0.6) is 0 Å². The van der Waals surface area contributed by atoms with Crippen molar-refractivity contribution in [3.63, 3.8) is 0 Å². The number of non-ortho nitro benzene ring substituents is 1. The van der Waals surface area contributed by atoms with Crippen molar-refractivity contribution < 1.29 is 28.7 Å². The number of ether oxygens (including phenoxy) is 1. The fraction of sp³-hybridized carbons (Fsp3) is 0.467. The van der Waals surface area contributed by atoms with E-state index in [-0.39, 0.29) is 36.4 Å². The first-order valence-electron chi connectivity index (χ1n) is 14.2. The van der Waals surface area contributed by atoms with Crippen molar-refractivity contribution in [2.24, 2.45) is 5.92 Å². The largest absolute Gasteiger partial charge is 0.465 e. The van der Waals surface area contributed by atoms with Crippen LogP contribution >= 0.6 is 0 Å². The Kier molecular flexibility index (Phi) is 8.62. The average molecular weight is 582 g/mol. The summed E-state index contributed by atoms with van der Waals surface area (Å²) in [5.41, 5.74) is 3.26. The third kappa shape index (κ3) is 5.76. The Morgan fingerprint density at radius 1 is 1.17 bits per heavy atom. The number of hydrogen-bond donors (Lipinski definition) is 2. The Morgan fingerprint density at radius 2 is 1.93 bits per heavy atom. The molecule has 2 aromatic carbocycles. The average Bonchev–Trinajstić information content (AvgIpc) is 3.51. The standard InChI is InChI=1S/C30H36FN5O6/c1-19-23-7-3-8-25(31)28(23)35(14-5-15-42-2)27(19)20-6-4-13-33(16-20)29(37)24-17-34(18-26(24)32-30(38)39)21-9-11-22(12-10-21)36(40)41/h3,7-12,20,24,26,32H,4-6,13-18H2,1-2H3,(H,38,39)/t20?,24-,26-/m1/s1. The van der Waals surface area contributed by atoms with E-state index in [1.807, 2.05) is 22.8 Å². The van der Waals surface area contributed by atoms with E-state index < -0.39 is 23.0 Å². The van der Waals surface area contributed by atoms with Crippen LogP contribution in [-0.4, -0.2) is 77.4 Å². The van der Waals surface area contributed by atoms with Crippen molar-refractivity contribution in [1.29, 1.82) is 0 Å². The number of anilines is 1. The fourth-order valence-corrected chi connectivity index (χ4v) is 6.67. The maximum atomic E-state index is 15.1. The van der Waals surface area contributed by atoms with Gasteiger partial charge in [-0.25, -0.2) is 9.18 Å². The Bertz CT molecular complexity index is 1480. The van der Waals surface area contributed by atoms with Crippen molar-refractivity contribution >= 4 is 34.3 Å². The zero-order chi connectivity index (χ0) is 30.0. The molecule has 3 heterocycles. The zero-order valence-electron chi connectivity index (χ0n) is 23.8. The summed E-state index contributed by atoms with van der Waals surface area (Å²) in [5, 5.41) is 23.9. The van der Waals surface area contributed by atoms with Gasteiger partial charge in [-0.15, -0.1) is 0 Å². The summed E-state index contributed by atoms with van der Waals surface area (Å²) < 4.78 is 22.4. The number of nitrogens with zero attached hydrogens (tertiary/aromatic N) is 4. The predicted octanol–water partition coefficient (Wildman–Crippen LogP) is 4.51. The van der Waals surface area contributed by atoms with Gasteiger partial charge in [-0.05, 0) is 49.9 Å². The number of fused-ring (bicyclic) bond motifs is 1. The number of nitro benzene ring substituents is 1. The highest BCUT2D eigenvalue weighted by molar-refractivity contribution is 5.86. The summed E-state index contributed by atoms with van der Waals surface area (Å²) in [6.07, 6.45) is 1.13. The van der Waals surface area contributed by atoms with Crippen molar-refractivity contribution in [1.82, 2.24) is 14.8 Å².